The number of amides is 1. The fourth-order valence-electron chi connectivity index (χ4n) is 5.30. The van der Waals surface area contributed by atoms with E-state index >= 15 is 0 Å². The first-order valence-corrected chi connectivity index (χ1v) is 11.2. The van der Waals surface area contributed by atoms with E-state index < -0.39 is 5.41 Å². The summed E-state index contributed by atoms with van der Waals surface area (Å²) in [7, 11) is 0. The molecule has 3 aliphatic rings. The number of nitrogens with zero attached hydrogens (tertiary/aromatic N) is 4. The van der Waals surface area contributed by atoms with Crippen LogP contribution in [0.15, 0.2) is 36.8 Å². The fraction of sp³-hybridized carbons (Fsp3) is 0.583. The van der Waals surface area contributed by atoms with Crippen LogP contribution in [0, 0.1) is 17.2 Å². The number of imidazole rings is 1. The topological polar surface area (TPSA) is 41.4 Å². The van der Waals surface area contributed by atoms with Crippen LogP contribution >= 0.6 is 0 Å². The van der Waals surface area contributed by atoms with Crippen LogP contribution in [0.5, 0.6) is 0 Å². The van der Waals surface area contributed by atoms with E-state index in [4.69, 9.17) is 4.98 Å². The lowest BCUT2D eigenvalue weighted by Gasteiger charge is -2.28. The zero-order valence-electron chi connectivity index (χ0n) is 17.9. The normalized spacial score (nSPS) is 27.1. The van der Waals surface area contributed by atoms with Gasteiger partial charge in [0.1, 0.15) is 5.82 Å². The summed E-state index contributed by atoms with van der Waals surface area (Å²) in [5, 5.41) is 0. The van der Waals surface area contributed by atoms with E-state index in [9.17, 15) is 9.18 Å². The second-order valence-electron chi connectivity index (χ2n) is 9.75. The Bertz CT molecular complexity index is 937. The summed E-state index contributed by atoms with van der Waals surface area (Å²) in [5.41, 5.74) is 1.26. The van der Waals surface area contributed by atoms with Gasteiger partial charge < -0.3 is 9.47 Å². The standard InChI is InChI=1S/C24H31FN4O/c1-17(2)29-14-22(26-16-29)20-13-27(12-19-5-3-4-6-21(19)25)15-24(20)9-10-28(23(24)30)11-18-7-8-18/h3-6,14,16-18,20H,7-13,15H2,1-2H3/t20-,24-/m1/s1. The first kappa shape index (κ1) is 19.7. The van der Waals surface area contributed by atoms with Gasteiger partial charge in [0.15, 0.2) is 0 Å². The molecule has 2 atom stereocenters. The molecule has 6 heteroatoms. The molecule has 30 heavy (non-hydrogen) atoms. The predicted octanol–water partition coefficient (Wildman–Crippen LogP) is 3.83. The average Bonchev–Trinajstić information content (AvgIpc) is 3.15. The van der Waals surface area contributed by atoms with Crippen molar-refractivity contribution in [2.75, 3.05) is 26.2 Å². The van der Waals surface area contributed by atoms with E-state index in [0.29, 0.717) is 30.6 Å². The number of halogens is 1. The summed E-state index contributed by atoms with van der Waals surface area (Å²) >= 11 is 0. The van der Waals surface area contributed by atoms with Crippen molar-refractivity contribution >= 4 is 5.91 Å². The number of rotatable bonds is 6. The maximum atomic E-state index is 14.3. The number of carbonyl (C=O) groups is 1. The Kier molecular flexibility index (Phi) is 4.92. The summed E-state index contributed by atoms with van der Waals surface area (Å²) in [6, 6.07) is 7.30. The third kappa shape index (κ3) is 3.45. The molecule has 5 rings (SSSR count). The number of hydrogen-bond donors (Lipinski definition) is 0. The maximum Gasteiger partial charge on any atom is 0.230 e. The number of benzene rings is 1. The lowest BCUT2D eigenvalue weighted by molar-refractivity contribution is -0.136. The molecular formula is C24H31FN4O. The highest BCUT2D eigenvalue weighted by atomic mass is 19.1. The van der Waals surface area contributed by atoms with E-state index in [1.807, 2.05) is 18.5 Å². The van der Waals surface area contributed by atoms with Crippen molar-refractivity contribution in [2.24, 2.45) is 11.3 Å². The molecule has 1 aromatic heterocycles. The Morgan fingerprint density at radius 1 is 1.27 bits per heavy atom. The summed E-state index contributed by atoms with van der Waals surface area (Å²) in [6.07, 6.45) is 7.36. The van der Waals surface area contributed by atoms with Gasteiger partial charge in [-0.15, -0.1) is 0 Å². The van der Waals surface area contributed by atoms with Crippen molar-refractivity contribution < 1.29 is 9.18 Å². The molecule has 1 saturated carbocycles. The Morgan fingerprint density at radius 2 is 2.07 bits per heavy atom. The molecular weight excluding hydrogens is 379 g/mol. The van der Waals surface area contributed by atoms with Gasteiger partial charge in [0.05, 0.1) is 17.4 Å². The molecule has 1 amide bonds. The van der Waals surface area contributed by atoms with Crippen LogP contribution in [0.1, 0.15) is 56.3 Å². The maximum absolute atomic E-state index is 14.3. The first-order chi connectivity index (χ1) is 14.5. The first-order valence-electron chi connectivity index (χ1n) is 11.2. The number of carbonyl (C=O) groups excluding carboxylic acids is 1. The van der Waals surface area contributed by atoms with Crippen molar-refractivity contribution in [2.45, 2.75) is 51.6 Å². The van der Waals surface area contributed by atoms with Gasteiger partial charge in [-0.3, -0.25) is 9.69 Å². The summed E-state index contributed by atoms with van der Waals surface area (Å²) in [6.45, 7) is 7.97. The summed E-state index contributed by atoms with van der Waals surface area (Å²) < 4.78 is 16.4. The van der Waals surface area contributed by atoms with Crippen LogP contribution < -0.4 is 0 Å². The van der Waals surface area contributed by atoms with Gasteiger partial charge in [-0.25, -0.2) is 9.37 Å². The van der Waals surface area contributed by atoms with Crippen LogP contribution in [0.25, 0.3) is 0 Å². The minimum atomic E-state index is -0.434. The van der Waals surface area contributed by atoms with Gasteiger partial charge in [-0.05, 0) is 45.1 Å². The SMILES string of the molecule is CC(C)n1cnc([C@H]2CN(Cc3ccccc3F)C[C@]23CCN(CC2CC2)C3=O)c1. The number of hydrogen-bond acceptors (Lipinski definition) is 3. The minimum absolute atomic E-state index is 0.0565. The van der Waals surface area contributed by atoms with Crippen LogP contribution in [0.3, 0.4) is 0 Å². The van der Waals surface area contributed by atoms with E-state index in [0.717, 1.165) is 31.7 Å². The quantitative estimate of drug-likeness (QED) is 0.727. The third-order valence-corrected chi connectivity index (χ3v) is 7.26. The summed E-state index contributed by atoms with van der Waals surface area (Å²) in [5.74, 6) is 0.862. The van der Waals surface area contributed by atoms with E-state index in [1.165, 1.54) is 18.9 Å². The molecule has 2 aliphatic heterocycles. The molecule has 0 radical (unpaired) electrons. The summed E-state index contributed by atoms with van der Waals surface area (Å²) in [4.78, 5) is 22.7. The van der Waals surface area contributed by atoms with Crippen LogP contribution in [0.2, 0.25) is 0 Å². The molecule has 0 unspecified atom stereocenters. The Morgan fingerprint density at radius 3 is 2.77 bits per heavy atom. The lowest BCUT2D eigenvalue weighted by Crippen LogP contribution is -2.40. The monoisotopic (exact) mass is 410 g/mol. The molecule has 5 nitrogen and oxygen atoms in total. The molecule has 2 aromatic rings. The van der Waals surface area contributed by atoms with Crippen LogP contribution in [-0.2, 0) is 11.3 Å². The zero-order chi connectivity index (χ0) is 20.9. The Labute approximate surface area is 177 Å². The minimum Gasteiger partial charge on any atom is -0.342 e. The number of likely N-dealkylation sites (tertiary alicyclic amines) is 2. The Hall–Kier alpha value is -2.21. The Balaban J connectivity index is 1.44. The molecule has 0 bridgehead atoms. The second-order valence-corrected chi connectivity index (χ2v) is 9.75. The smallest absolute Gasteiger partial charge is 0.230 e. The second kappa shape index (κ2) is 7.49. The average molecular weight is 411 g/mol. The fourth-order valence-corrected chi connectivity index (χ4v) is 5.30. The molecule has 1 spiro atoms. The van der Waals surface area contributed by atoms with Crippen molar-refractivity contribution in [1.82, 2.24) is 19.4 Å². The van der Waals surface area contributed by atoms with Crippen molar-refractivity contribution in [3.05, 3.63) is 53.9 Å². The predicted molar refractivity (Wildman–Crippen MR) is 113 cm³/mol. The van der Waals surface area contributed by atoms with Crippen molar-refractivity contribution in [3.63, 3.8) is 0 Å². The van der Waals surface area contributed by atoms with Gasteiger partial charge in [-0.2, -0.15) is 0 Å². The molecule has 1 aliphatic carbocycles. The molecule has 3 heterocycles. The van der Waals surface area contributed by atoms with E-state index in [1.54, 1.807) is 6.07 Å². The van der Waals surface area contributed by atoms with Gasteiger partial charge in [-0.1, -0.05) is 18.2 Å². The number of aromatic nitrogens is 2. The van der Waals surface area contributed by atoms with Gasteiger partial charge in [0, 0.05) is 56.4 Å². The highest BCUT2D eigenvalue weighted by Gasteiger charge is 2.58. The molecule has 3 fully saturated rings. The molecule has 1 aromatic carbocycles. The van der Waals surface area contributed by atoms with Gasteiger partial charge >= 0.3 is 0 Å². The van der Waals surface area contributed by atoms with Gasteiger partial charge in [0.2, 0.25) is 5.91 Å². The lowest BCUT2D eigenvalue weighted by atomic mass is 9.75. The molecule has 160 valence electrons. The largest absolute Gasteiger partial charge is 0.342 e. The molecule has 0 N–H and O–H groups in total. The van der Waals surface area contributed by atoms with Crippen molar-refractivity contribution in [1.29, 1.82) is 0 Å². The zero-order valence-corrected chi connectivity index (χ0v) is 17.9. The third-order valence-electron chi connectivity index (χ3n) is 7.26. The van der Waals surface area contributed by atoms with Crippen LogP contribution in [0.4, 0.5) is 4.39 Å². The van der Waals surface area contributed by atoms with Gasteiger partial charge in [0.25, 0.3) is 0 Å². The molecule has 2 saturated heterocycles. The van der Waals surface area contributed by atoms with Crippen LogP contribution in [-0.4, -0.2) is 51.4 Å². The van der Waals surface area contributed by atoms with E-state index in [2.05, 4.69) is 34.4 Å². The highest BCUT2D eigenvalue weighted by Crippen LogP contribution is 2.50. The van der Waals surface area contributed by atoms with Crippen molar-refractivity contribution in [3.8, 4) is 0 Å². The van der Waals surface area contributed by atoms with E-state index in [-0.39, 0.29) is 17.6 Å². The highest BCUT2D eigenvalue weighted by molar-refractivity contribution is 5.87.